The van der Waals surface area contributed by atoms with Gasteiger partial charge in [-0.05, 0) is 26.7 Å². The average molecular weight is 218 g/mol. The van der Waals surface area contributed by atoms with Gasteiger partial charge in [0.2, 0.25) is 0 Å². The molecule has 0 saturated carbocycles. The first-order valence-electron chi connectivity index (χ1n) is 6.12. The van der Waals surface area contributed by atoms with Crippen LogP contribution in [0, 0.1) is 5.92 Å². The highest BCUT2D eigenvalue weighted by molar-refractivity contribution is 5.24. The largest absolute Gasteiger partial charge is 0.343 e. The quantitative estimate of drug-likeness (QED) is 0.721. The molecule has 1 aromatic carbocycles. The summed E-state index contributed by atoms with van der Waals surface area (Å²) in [6.07, 6.45) is 2.83. The van der Waals surface area contributed by atoms with Crippen molar-refractivity contribution in [1.29, 1.82) is 0 Å². The lowest BCUT2D eigenvalue weighted by atomic mass is 9.89. The molecule has 0 aromatic heterocycles. The molecule has 0 amide bonds. The summed E-state index contributed by atoms with van der Waals surface area (Å²) >= 11 is 0. The molecule has 0 aliphatic carbocycles. The zero-order valence-corrected chi connectivity index (χ0v) is 9.85. The first kappa shape index (κ1) is 10.3. The fraction of sp³-hybridized carbons (Fsp3) is 0.571. The highest BCUT2D eigenvalue weighted by Gasteiger charge is 2.55. The van der Waals surface area contributed by atoms with Crippen LogP contribution >= 0.6 is 0 Å². The van der Waals surface area contributed by atoms with Crippen LogP contribution in [0.4, 0.5) is 0 Å². The van der Waals surface area contributed by atoms with Gasteiger partial charge in [-0.3, -0.25) is 0 Å². The maximum atomic E-state index is 6.11. The van der Waals surface area contributed by atoms with Gasteiger partial charge in [0.25, 0.3) is 0 Å². The maximum absolute atomic E-state index is 6.11. The Morgan fingerprint density at radius 1 is 1.00 bits per heavy atom. The van der Waals surface area contributed by atoms with E-state index in [1.54, 1.807) is 0 Å². The number of rotatable bonds is 1. The monoisotopic (exact) mass is 218 g/mol. The topological polar surface area (TPSA) is 18.5 Å². The van der Waals surface area contributed by atoms with Gasteiger partial charge in [-0.25, -0.2) is 0 Å². The minimum Gasteiger partial charge on any atom is -0.343 e. The Balaban J connectivity index is 2.01. The number of benzene rings is 1. The molecule has 1 aromatic rings. The third kappa shape index (κ3) is 1.40. The molecule has 86 valence electrons. The third-order valence-electron chi connectivity index (χ3n) is 3.70. The Labute approximate surface area is 96.6 Å². The molecule has 3 rings (SSSR count). The van der Waals surface area contributed by atoms with E-state index in [1.807, 2.05) is 6.07 Å². The second-order valence-corrected chi connectivity index (χ2v) is 5.06. The summed E-state index contributed by atoms with van der Waals surface area (Å²) in [5.74, 6) is 0.0556. The molecule has 2 saturated heterocycles. The van der Waals surface area contributed by atoms with Crippen molar-refractivity contribution in [2.24, 2.45) is 5.92 Å². The number of hydrogen-bond donors (Lipinski definition) is 0. The molecule has 0 N–H and O–H groups in total. The highest BCUT2D eigenvalue weighted by Crippen LogP contribution is 2.52. The van der Waals surface area contributed by atoms with Gasteiger partial charge < -0.3 is 9.47 Å². The number of hydrogen-bond acceptors (Lipinski definition) is 2. The van der Waals surface area contributed by atoms with Gasteiger partial charge in [0, 0.05) is 11.5 Å². The first-order chi connectivity index (χ1) is 7.71. The molecule has 0 unspecified atom stereocenters. The van der Waals surface area contributed by atoms with Crippen LogP contribution in [-0.2, 0) is 15.3 Å². The van der Waals surface area contributed by atoms with Crippen LogP contribution < -0.4 is 0 Å². The molecule has 2 fully saturated rings. The molecular weight excluding hydrogens is 200 g/mol. The van der Waals surface area contributed by atoms with Gasteiger partial charge in [-0.2, -0.15) is 0 Å². The fourth-order valence-corrected chi connectivity index (χ4v) is 3.16. The van der Waals surface area contributed by atoms with Crippen molar-refractivity contribution < 1.29 is 9.47 Å². The standard InChI is InChI=1S/C14H18O2/c1-10-8-13-9-11(2)16-14(13,15-10)12-6-4-3-5-7-12/h3-7,10-11,13H,8-9H2,1-2H3/t10-,11-,13?,14?/m0/s1. The first-order valence-corrected chi connectivity index (χ1v) is 6.12. The SMILES string of the molecule is C[C@H]1CC2C[C@H](C)OC2(c2ccccc2)O1. The smallest absolute Gasteiger partial charge is 0.198 e. The molecule has 2 aliphatic heterocycles. The lowest BCUT2D eigenvalue weighted by molar-refractivity contribution is -0.234. The predicted octanol–water partition coefficient (Wildman–Crippen LogP) is 3.07. The third-order valence-corrected chi connectivity index (χ3v) is 3.70. The molecule has 2 aliphatic rings. The predicted molar refractivity (Wildman–Crippen MR) is 61.9 cm³/mol. The molecule has 0 spiro atoms. The Bertz CT molecular complexity index is 360. The highest BCUT2D eigenvalue weighted by atomic mass is 16.7. The normalized spacial score (nSPS) is 42.2. The van der Waals surface area contributed by atoms with Crippen molar-refractivity contribution in [1.82, 2.24) is 0 Å². The van der Waals surface area contributed by atoms with Crippen molar-refractivity contribution >= 4 is 0 Å². The fourth-order valence-electron chi connectivity index (χ4n) is 3.16. The van der Waals surface area contributed by atoms with Crippen LogP contribution in [0.25, 0.3) is 0 Å². The van der Waals surface area contributed by atoms with Crippen LogP contribution in [0.1, 0.15) is 32.3 Å². The van der Waals surface area contributed by atoms with Crippen molar-refractivity contribution in [2.45, 2.75) is 44.7 Å². The van der Waals surface area contributed by atoms with E-state index in [0.29, 0.717) is 18.1 Å². The molecule has 16 heavy (non-hydrogen) atoms. The van der Waals surface area contributed by atoms with Crippen LogP contribution in [0.3, 0.4) is 0 Å². The Morgan fingerprint density at radius 3 is 2.12 bits per heavy atom. The van der Waals surface area contributed by atoms with Crippen molar-refractivity contribution in [2.75, 3.05) is 0 Å². The van der Waals surface area contributed by atoms with Crippen molar-refractivity contribution in [3.63, 3.8) is 0 Å². The van der Waals surface area contributed by atoms with Crippen LogP contribution in [0.2, 0.25) is 0 Å². The van der Waals surface area contributed by atoms with Gasteiger partial charge in [0.15, 0.2) is 5.79 Å². The number of fused-ring (bicyclic) bond motifs is 1. The van der Waals surface area contributed by atoms with Crippen LogP contribution in [-0.4, -0.2) is 12.2 Å². The molecule has 2 nitrogen and oxygen atoms in total. The Hall–Kier alpha value is -0.860. The van der Waals surface area contributed by atoms with Gasteiger partial charge in [0.1, 0.15) is 0 Å². The van der Waals surface area contributed by atoms with Crippen molar-refractivity contribution in [3.8, 4) is 0 Å². The summed E-state index contributed by atoms with van der Waals surface area (Å²) in [6, 6.07) is 10.4. The van der Waals surface area contributed by atoms with E-state index in [2.05, 4.69) is 38.1 Å². The van der Waals surface area contributed by atoms with E-state index in [1.165, 1.54) is 5.56 Å². The van der Waals surface area contributed by atoms with Gasteiger partial charge in [-0.15, -0.1) is 0 Å². The average Bonchev–Trinajstić information content (AvgIpc) is 2.71. The summed E-state index contributed by atoms with van der Waals surface area (Å²) in [4.78, 5) is 0. The lowest BCUT2D eigenvalue weighted by Gasteiger charge is -2.29. The molecule has 2 heteroatoms. The maximum Gasteiger partial charge on any atom is 0.198 e. The van der Waals surface area contributed by atoms with E-state index in [-0.39, 0.29) is 0 Å². The van der Waals surface area contributed by atoms with E-state index in [4.69, 9.17) is 9.47 Å². The van der Waals surface area contributed by atoms with E-state index in [9.17, 15) is 0 Å². The van der Waals surface area contributed by atoms with E-state index in [0.717, 1.165) is 12.8 Å². The van der Waals surface area contributed by atoms with Crippen LogP contribution in [0.5, 0.6) is 0 Å². The van der Waals surface area contributed by atoms with E-state index >= 15 is 0 Å². The molecule has 0 radical (unpaired) electrons. The molecule has 0 bridgehead atoms. The van der Waals surface area contributed by atoms with Crippen LogP contribution in [0.15, 0.2) is 30.3 Å². The molecule has 2 atom stereocenters. The van der Waals surface area contributed by atoms with Gasteiger partial charge in [0.05, 0.1) is 12.2 Å². The summed E-state index contributed by atoms with van der Waals surface area (Å²) in [7, 11) is 0. The number of ether oxygens (including phenoxy) is 2. The summed E-state index contributed by atoms with van der Waals surface area (Å²) in [5, 5.41) is 0. The Kier molecular flexibility index (Phi) is 2.30. The second-order valence-electron chi connectivity index (χ2n) is 5.06. The van der Waals surface area contributed by atoms with Crippen molar-refractivity contribution in [3.05, 3.63) is 35.9 Å². The lowest BCUT2D eigenvalue weighted by Crippen LogP contribution is -2.31. The molecular formula is C14H18O2. The summed E-state index contributed by atoms with van der Waals surface area (Å²) in [6.45, 7) is 4.27. The zero-order valence-electron chi connectivity index (χ0n) is 9.85. The second kappa shape index (κ2) is 3.57. The Morgan fingerprint density at radius 2 is 1.56 bits per heavy atom. The zero-order chi connectivity index (χ0) is 11.2. The van der Waals surface area contributed by atoms with Gasteiger partial charge in [-0.1, -0.05) is 30.3 Å². The summed E-state index contributed by atoms with van der Waals surface area (Å²) < 4.78 is 12.2. The van der Waals surface area contributed by atoms with E-state index < -0.39 is 5.79 Å². The molecule has 2 heterocycles. The minimum absolute atomic E-state index is 0.303. The van der Waals surface area contributed by atoms with Gasteiger partial charge >= 0.3 is 0 Å². The minimum atomic E-state index is -0.458. The summed E-state index contributed by atoms with van der Waals surface area (Å²) in [5.41, 5.74) is 1.17.